The highest BCUT2D eigenvalue weighted by Crippen LogP contribution is 2.19. The number of ketones is 2. The number of ether oxygens (including phenoxy) is 1. The number of esters is 1. The average Bonchev–Trinajstić information content (AvgIpc) is 2.98. The van der Waals surface area contributed by atoms with Crippen LogP contribution in [0.3, 0.4) is 0 Å². The van der Waals surface area contributed by atoms with Crippen molar-refractivity contribution >= 4 is 23.4 Å². The monoisotopic (exact) mass is 412 g/mol. The molecule has 2 aromatic rings. The standard InChI is InChI=1S/C23H28N2O5/c1-13(2)21(25-19(28)11-17-9-7-6-8-10-17)23(29)30-12-18(27)22-14(3)20(16(5)26)15(4)24-22/h6-10,13,21,24H,11-12H2,1-5H3,(H,25,28)/t21-/m0/s1. The molecular formula is C23H28N2O5. The predicted octanol–water partition coefficient (Wildman–Crippen LogP) is 2.94. The Hall–Kier alpha value is -3.22. The molecule has 0 aliphatic rings. The fourth-order valence-corrected chi connectivity index (χ4v) is 3.36. The van der Waals surface area contributed by atoms with Crippen LogP contribution in [0.1, 0.15) is 58.4 Å². The first-order valence-corrected chi connectivity index (χ1v) is 9.85. The van der Waals surface area contributed by atoms with Gasteiger partial charge >= 0.3 is 5.97 Å². The summed E-state index contributed by atoms with van der Waals surface area (Å²) in [6.07, 6.45) is 0.144. The van der Waals surface area contributed by atoms with Crippen LogP contribution in [0, 0.1) is 19.8 Å². The second-order valence-electron chi connectivity index (χ2n) is 7.66. The maximum Gasteiger partial charge on any atom is 0.329 e. The summed E-state index contributed by atoms with van der Waals surface area (Å²) >= 11 is 0. The predicted molar refractivity (Wildman–Crippen MR) is 112 cm³/mol. The van der Waals surface area contributed by atoms with Crippen LogP contribution in [-0.2, 0) is 20.7 Å². The lowest BCUT2D eigenvalue weighted by Gasteiger charge is -2.20. The molecule has 1 aromatic heterocycles. The molecule has 30 heavy (non-hydrogen) atoms. The summed E-state index contributed by atoms with van der Waals surface area (Å²) in [5, 5.41) is 2.69. The number of rotatable bonds is 9. The molecule has 0 aliphatic heterocycles. The Balaban J connectivity index is 2.00. The van der Waals surface area contributed by atoms with E-state index in [-0.39, 0.29) is 29.7 Å². The molecule has 7 nitrogen and oxygen atoms in total. The minimum absolute atomic E-state index is 0.140. The molecule has 0 aliphatic carbocycles. The second kappa shape index (κ2) is 10.0. The van der Waals surface area contributed by atoms with Crippen molar-refractivity contribution in [2.45, 2.75) is 47.1 Å². The summed E-state index contributed by atoms with van der Waals surface area (Å²) in [7, 11) is 0. The highest BCUT2D eigenvalue weighted by Gasteiger charge is 2.27. The summed E-state index contributed by atoms with van der Waals surface area (Å²) in [5.74, 6) is -1.77. The van der Waals surface area contributed by atoms with Crippen molar-refractivity contribution in [3.05, 3.63) is 58.4 Å². The molecular weight excluding hydrogens is 384 g/mol. The second-order valence-corrected chi connectivity index (χ2v) is 7.66. The highest BCUT2D eigenvalue weighted by molar-refractivity contribution is 6.04. The zero-order valence-corrected chi connectivity index (χ0v) is 18.0. The van der Waals surface area contributed by atoms with Gasteiger partial charge in [-0.15, -0.1) is 0 Å². The number of aryl methyl sites for hydroxylation is 1. The van der Waals surface area contributed by atoms with Crippen LogP contribution in [0.4, 0.5) is 0 Å². The molecule has 0 saturated carbocycles. The Labute approximate surface area is 176 Å². The molecule has 1 amide bonds. The van der Waals surface area contributed by atoms with E-state index in [2.05, 4.69) is 10.3 Å². The Morgan fingerprint density at radius 1 is 1.07 bits per heavy atom. The molecule has 0 saturated heterocycles. The lowest BCUT2D eigenvalue weighted by molar-refractivity contribution is -0.148. The van der Waals surface area contributed by atoms with Crippen molar-refractivity contribution in [2.24, 2.45) is 5.92 Å². The quantitative estimate of drug-likeness (QED) is 0.487. The van der Waals surface area contributed by atoms with Crippen molar-refractivity contribution in [3.63, 3.8) is 0 Å². The number of hydrogen-bond donors (Lipinski definition) is 2. The van der Waals surface area contributed by atoms with E-state index in [4.69, 9.17) is 4.74 Å². The summed E-state index contributed by atoms with van der Waals surface area (Å²) < 4.78 is 5.19. The zero-order valence-electron chi connectivity index (χ0n) is 18.0. The van der Waals surface area contributed by atoms with E-state index in [1.807, 2.05) is 30.3 Å². The number of hydrogen-bond acceptors (Lipinski definition) is 5. The number of amides is 1. The molecule has 0 fully saturated rings. The van der Waals surface area contributed by atoms with Gasteiger partial charge in [0.15, 0.2) is 12.4 Å². The average molecular weight is 412 g/mol. The summed E-state index contributed by atoms with van der Waals surface area (Å²) in [6.45, 7) is 7.92. The van der Waals surface area contributed by atoms with Gasteiger partial charge in [-0.2, -0.15) is 0 Å². The lowest BCUT2D eigenvalue weighted by atomic mass is 10.0. The van der Waals surface area contributed by atoms with Crippen molar-refractivity contribution in [1.29, 1.82) is 0 Å². The number of aromatic amines is 1. The molecule has 2 N–H and O–H groups in total. The fourth-order valence-electron chi connectivity index (χ4n) is 3.36. The number of nitrogens with one attached hydrogen (secondary N) is 2. The van der Waals surface area contributed by atoms with Gasteiger partial charge < -0.3 is 15.0 Å². The summed E-state index contributed by atoms with van der Waals surface area (Å²) in [6, 6.07) is 8.33. The number of carbonyl (C=O) groups is 4. The highest BCUT2D eigenvalue weighted by atomic mass is 16.5. The Morgan fingerprint density at radius 2 is 1.70 bits per heavy atom. The van der Waals surface area contributed by atoms with Crippen LogP contribution in [0.5, 0.6) is 0 Å². The molecule has 0 bridgehead atoms. The molecule has 7 heteroatoms. The third-order valence-corrected chi connectivity index (χ3v) is 4.86. The molecule has 1 heterocycles. The molecule has 1 atom stereocenters. The normalized spacial score (nSPS) is 11.8. The Kier molecular flexibility index (Phi) is 7.69. The van der Waals surface area contributed by atoms with Gasteiger partial charge in [0.25, 0.3) is 0 Å². The van der Waals surface area contributed by atoms with Gasteiger partial charge in [0.2, 0.25) is 11.7 Å². The number of aromatic nitrogens is 1. The first-order valence-electron chi connectivity index (χ1n) is 9.85. The minimum Gasteiger partial charge on any atom is -0.456 e. The van der Waals surface area contributed by atoms with Gasteiger partial charge in [-0.1, -0.05) is 44.2 Å². The molecule has 0 radical (unpaired) electrons. The first-order chi connectivity index (χ1) is 14.1. The fraction of sp³-hybridized carbons (Fsp3) is 0.391. The van der Waals surface area contributed by atoms with Crippen LogP contribution in [-0.4, -0.2) is 41.1 Å². The van der Waals surface area contributed by atoms with E-state index in [1.165, 1.54) is 6.92 Å². The number of carbonyl (C=O) groups excluding carboxylic acids is 4. The maximum absolute atomic E-state index is 12.5. The van der Waals surface area contributed by atoms with Crippen molar-refractivity contribution in [2.75, 3.05) is 6.61 Å². The van der Waals surface area contributed by atoms with E-state index < -0.39 is 24.4 Å². The van der Waals surface area contributed by atoms with E-state index in [0.717, 1.165) is 5.56 Å². The van der Waals surface area contributed by atoms with E-state index in [0.29, 0.717) is 16.8 Å². The van der Waals surface area contributed by atoms with E-state index >= 15 is 0 Å². The Bertz CT molecular complexity index is 944. The summed E-state index contributed by atoms with van der Waals surface area (Å²) in [5.41, 5.74) is 2.69. The van der Waals surface area contributed by atoms with Crippen LogP contribution in [0.2, 0.25) is 0 Å². The van der Waals surface area contributed by atoms with Crippen molar-refractivity contribution < 1.29 is 23.9 Å². The van der Waals surface area contributed by atoms with Gasteiger partial charge in [-0.3, -0.25) is 14.4 Å². The van der Waals surface area contributed by atoms with Crippen LogP contribution >= 0.6 is 0 Å². The zero-order chi connectivity index (χ0) is 22.4. The van der Waals surface area contributed by atoms with Gasteiger partial charge in [0.1, 0.15) is 6.04 Å². The van der Waals surface area contributed by atoms with Crippen molar-refractivity contribution in [3.8, 4) is 0 Å². The minimum atomic E-state index is -0.867. The van der Waals surface area contributed by atoms with Crippen LogP contribution in [0.25, 0.3) is 0 Å². The third-order valence-electron chi connectivity index (χ3n) is 4.86. The van der Waals surface area contributed by atoms with E-state index in [9.17, 15) is 19.2 Å². The maximum atomic E-state index is 12.5. The van der Waals surface area contributed by atoms with Crippen molar-refractivity contribution in [1.82, 2.24) is 10.3 Å². The molecule has 160 valence electrons. The molecule has 1 aromatic carbocycles. The Morgan fingerprint density at radius 3 is 2.23 bits per heavy atom. The molecule has 2 rings (SSSR count). The van der Waals surface area contributed by atoms with Gasteiger partial charge in [-0.25, -0.2) is 4.79 Å². The van der Waals surface area contributed by atoms with E-state index in [1.54, 1.807) is 27.7 Å². The number of Topliss-reactive ketones (excluding diaryl/α,β-unsaturated/α-hetero) is 2. The van der Waals surface area contributed by atoms with Gasteiger partial charge in [0, 0.05) is 11.3 Å². The lowest BCUT2D eigenvalue weighted by Crippen LogP contribution is -2.46. The third kappa shape index (κ3) is 5.65. The molecule has 0 spiro atoms. The smallest absolute Gasteiger partial charge is 0.329 e. The largest absolute Gasteiger partial charge is 0.456 e. The number of benzene rings is 1. The SMILES string of the molecule is CC(=O)c1c(C)[nH]c(C(=O)COC(=O)[C@@H](NC(=O)Cc2ccccc2)C(C)C)c1C. The van der Waals surface area contributed by atoms with Crippen LogP contribution in [0.15, 0.2) is 30.3 Å². The first kappa shape index (κ1) is 23.1. The summed E-state index contributed by atoms with van der Waals surface area (Å²) in [4.78, 5) is 52.0. The number of H-pyrrole nitrogens is 1. The topological polar surface area (TPSA) is 105 Å². The van der Waals surface area contributed by atoms with Gasteiger partial charge in [-0.05, 0) is 37.8 Å². The van der Waals surface area contributed by atoms with Crippen LogP contribution < -0.4 is 5.32 Å². The van der Waals surface area contributed by atoms with Gasteiger partial charge in [0.05, 0.1) is 12.1 Å². The molecule has 0 unspecified atom stereocenters.